The Morgan fingerprint density at radius 2 is 1.63 bits per heavy atom. The molecule has 3 N–H and O–H groups in total. The predicted octanol–water partition coefficient (Wildman–Crippen LogP) is 2.31. The molecule has 0 aliphatic rings. The van der Waals surface area contributed by atoms with Crippen LogP contribution in [0.5, 0.6) is 5.75 Å². The molecule has 0 aromatic heterocycles. The maximum absolute atomic E-state index is 12.7. The molecule has 0 aliphatic heterocycles. The van der Waals surface area contributed by atoms with Crippen LogP contribution in [0.25, 0.3) is 0 Å². The van der Waals surface area contributed by atoms with Crippen molar-refractivity contribution in [3.05, 3.63) is 65.7 Å². The Morgan fingerprint density at radius 3 is 2.26 bits per heavy atom. The minimum Gasteiger partial charge on any atom is -0.483 e. The average molecular weight is 368 g/mol. The molecule has 0 fully saturated rings. The number of benzene rings is 2. The molecule has 6 nitrogen and oxygen atoms in total. The summed E-state index contributed by atoms with van der Waals surface area (Å²) >= 11 is 0. The minimum atomic E-state index is -0.748. The summed E-state index contributed by atoms with van der Waals surface area (Å²) in [5.41, 5.74) is 6.23. The number of ether oxygens (including phenoxy) is 1. The molecular formula is C21H24N2O4. The summed E-state index contributed by atoms with van der Waals surface area (Å²) in [6, 6.07) is 14.8. The third-order valence-corrected chi connectivity index (χ3v) is 3.91. The van der Waals surface area contributed by atoms with Crippen molar-refractivity contribution in [2.75, 3.05) is 6.61 Å². The monoisotopic (exact) mass is 368 g/mol. The lowest BCUT2D eigenvalue weighted by Crippen LogP contribution is -2.46. The van der Waals surface area contributed by atoms with Gasteiger partial charge in [-0.05, 0) is 24.5 Å². The van der Waals surface area contributed by atoms with Crippen molar-refractivity contribution in [2.45, 2.75) is 26.3 Å². The van der Waals surface area contributed by atoms with E-state index in [0.29, 0.717) is 23.3 Å². The van der Waals surface area contributed by atoms with E-state index in [0.717, 1.165) is 0 Å². The molecule has 2 amide bonds. The van der Waals surface area contributed by atoms with Crippen LogP contribution >= 0.6 is 0 Å². The van der Waals surface area contributed by atoms with Gasteiger partial charge < -0.3 is 15.8 Å². The number of rotatable bonds is 9. The number of primary amides is 1. The number of hydrogen-bond acceptors (Lipinski definition) is 4. The highest BCUT2D eigenvalue weighted by Gasteiger charge is 2.20. The van der Waals surface area contributed by atoms with Crippen LogP contribution in [0.3, 0.4) is 0 Å². The maximum Gasteiger partial charge on any atom is 0.258 e. The molecule has 0 radical (unpaired) electrons. The number of amides is 2. The van der Waals surface area contributed by atoms with Gasteiger partial charge in [-0.2, -0.15) is 0 Å². The molecule has 0 unspecified atom stereocenters. The van der Waals surface area contributed by atoms with Gasteiger partial charge in [0.15, 0.2) is 12.4 Å². The van der Waals surface area contributed by atoms with E-state index in [1.54, 1.807) is 48.5 Å². The maximum atomic E-state index is 12.7. The van der Waals surface area contributed by atoms with E-state index >= 15 is 0 Å². The van der Waals surface area contributed by atoms with Gasteiger partial charge >= 0.3 is 0 Å². The fourth-order valence-electron chi connectivity index (χ4n) is 2.62. The lowest BCUT2D eigenvalue weighted by Gasteiger charge is -2.18. The van der Waals surface area contributed by atoms with Crippen LogP contribution in [0.4, 0.5) is 0 Å². The normalized spacial score (nSPS) is 11.7. The highest BCUT2D eigenvalue weighted by atomic mass is 16.5. The second-order valence-corrected chi connectivity index (χ2v) is 6.63. The quantitative estimate of drug-likeness (QED) is 0.664. The van der Waals surface area contributed by atoms with Gasteiger partial charge in [0.1, 0.15) is 11.8 Å². The van der Waals surface area contributed by atoms with E-state index in [9.17, 15) is 14.4 Å². The molecule has 0 bridgehead atoms. The molecule has 0 saturated carbocycles. The van der Waals surface area contributed by atoms with Crippen LogP contribution < -0.4 is 15.8 Å². The van der Waals surface area contributed by atoms with E-state index in [2.05, 4.69) is 5.32 Å². The minimum absolute atomic E-state index is 0.193. The molecule has 0 aliphatic carbocycles. The van der Waals surface area contributed by atoms with Gasteiger partial charge in [-0.1, -0.05) is 56.3 Å². The van der Waals surface area contributed by atoms with Crippen LogP contribution in [0.15, 0.2) is 54.6 Å². The number of carbonyl (C=O) groups excluding carboxylic acids is 3. The first-order valence-corrected chi connectivity index (χ1v) is 8.78. The van der Waals surface area contributed by atoms with E-state index in [1.807, 2.05) is 19.9 Å². The largest absolute Gasteiger partial charge is 0.483 e. The smallest absolute Gasteiger partial charge is 0.258 e. The number of hydrogen-bond donors (Lipinski definition) is 2. The van der Waals surface area contributed by atoms with Gasteiger partial charge in [0.2, 0.25) is 5.91 Å². The number of nitrogens with one attached hydrogen (secondary N) is 1. The summed E-state index contributed by atoms with van der Waals surface area (Å²) in [5, 5.41) is 2.58. The summed E-state index contributed by atoms with van der Waals surface area (Å²) < 4.78 is 5.54. The molecule has 27 heavy (non-hydrogen) atoms. The molecule has 2 aromatic rings. The molecule has 0 spiro atoms. The number of nitrogens with two attached hydrogens (primary N) is 1. The second kappa shape index (κ2) is 9.52. The highest BCUT2D eigenvalue weighted by Crippen LogP contribution is 2.21. The summed E-state index contributed by atoms with van der Waals surface area (Å²) in [6.07, 6.45) is 0.449. The first kappa shape index (κ1) is 20.2. The van der Waals surface area contributed by atoms with Crippen LogP contribution in [0, 0.1) is 5.92 Å². The van der Waals surface area contributed by atoms with Crippen LogP contribution in [0.2, 0.25) is 0 Å². The Hall–Kier alpha value is -3.15. The van der Waals surface area contributed by atoms with Gasteiger partial charge in [0, 0.05) is 5.56 Å². The van der Waals surface area contributed by atoms with Gasteiger partial charge in [-0.3, -0.25) is 14.4 Å². The fraction of sp³-hybridized carbons (Fsp3) is 0.286. The highest BCUT2D eigenvalue weighted by molar-refractivity contribution is 6.10. The molecule has 6 heteroatoms. The zero-order valence-electron chi connectivity index (χ0n) is 15.5. The SMILES string of the molecule is CC(C)C[C@H](NC(=O)COc1ccccc1C(=O)c1ccccc1)C(N)=O. The van der Waals surface area contributed by atoms with Crippen molar-refractivity contribution < 1.29 is 19.1 Å². The zero-order valence-corrected chi connectivity index (χ0v) is 15.5. The van der Waals surface area contributed by atoms with Crippen LogP contribution in [0.1, 0.15) is 36.2 Å². The topological polar surface area (TPSA) is 98.5 Å². The number of carbonyl (C=O) groups is 3. The summed E-state index contributed by atoms with van der Waals surface area (Å²) in [7, 11) is 0. The Bertz CT molecular complexity index is 803. The molecule has 0 saturated heterocycles. The fourth-order valence-corrected chi connectivity index (χ4v) is 2.62. The van der Waals surface area contributed by atoms with Crippen LogP contribution in [-0.2, 0) is 9.59 Å². The molecule has 142 valence electrons. The Morgan fingerprint density at radius 1 is 1.00 bits per heavy atom. The van der Waals surface area contributed by atoms with Crippen molar-refractivity contribution in [3.8, 4) is 5.75 Å². The lowest BCUT2D eigenvalue weighted by atomic mass is 10.0. The molecule has 1 atom stereocenters. The third-order valence-electron chi connectivity index (χ3n) is 3.91. The average Bonchev–Trinajstić information content (AvgIpc) is 2.66. The number of ketones is 1. The summed E-state index contributed by atoms with van der Waals surface area (Å²) in [5.74, 6) is -0.742. The predicted molar refractivity (Wildman–Crippen MR) is 102 cm³/mol. The first-order chi connectivity index (χ1) is 12.9. The standard InChI is InChI=1S/C21H24N2O4/c1-14(2)12-17(21(22)26)23-19(24)13-27-18-11-7-6-10-16(18)20(25)15-8-4-3-5-9-15/h3-11,14,17H,12-13H2,1-2H3,(H2,22,26)(H,23,24)/t17-/m0/s1. The Balaban J connectivity index is 2.05. The van der Waals surface area contributed by atoms with E-state index in [4.69, 9.17) is 10.5 Å². The number of para-hydroxylation sites is 1. The van der Waals surface area contributed by atoms with Crippen molar-refractivity contribution in [1.82, 2.24) is 5.32 Å². The van der Waals surface area contributed by atoms with Gasteiger partial charge in [0.05, 0.1) is 5.56 Å². The van der Waals surface area contributed by atoms with Crippen molar-refractivity contribution >= 4 is 17.6 Å². The zero-order chi connectivity index (χ0) is 19.8. The van der Waals surface area contributed by atoms with Gasteiger partial charge in [-0.25, -0.2) is 0 Å². The van der Waals surface area contributed by atoms with Gasteiger partial charge in [-0.15, -0.1) is 0 Å². The lowest BCUT2D eigenvalue weighted by molar-refractivity contribution is -0.128. The van der Waals surface area contributed by atoms with Gasteiger partial charge in [0.25, 0.3) is 5.91 Å². The molecule has 2 rings (SSSR count). The second-order valence-electron chi connectivity index (χ2n) is 6.63. The summed E-state index contributed by atoms with van der Waals surface area (Å²) in [6.45, 7) is 3.55. The molecular weight excluding hydrogens is 344 g/mol. The molecule has 2 aromatic carbocycles. The molecule has 0 heterocycles. The van der Waals surface area contributed by atoms with Crippen molar-refractivity contribution in [2.24, 2.45) is 11.7 Å². The third kappa shape index (κ3) is 5.95. The van der Waals surface area contributed by atoms with Crippen molar-refractivity contribution in [3.63, 3.8) is 0 Å². The Kier molecular flexibility index (Phi) is 7.11. The van der Waals surface area contributed by atoms with E-state index in [-0.39, 0.29) is 18.3 Å². The van der Waals surface area contributed by atoms with Crippen LogP contribution in [-0.4, -0.2) is 30.2 Å². The summed E-state index contributed by atoms with van der Waals surface area (Å²) in [4.78, 5) is 36.3. The Labute approximate surface area is 158 Å². The van der Waals surface area contributed by atoms with Crippen molar-refractivity contribution in [1.29, 1.82) is 0 Å². The van der Waals surface area contributed by atoms with E-state index < -0.39 is 17.9 Å². The first-order valence-electron chi connectivity index (χ1n) is 8.78. The van der Waals surface area contributed by atoms with E-state index in [1.165, 1.54) is 0 Å².